The van der Waals surface area contributed by atoms with Crippen LogP contribution < -0.4 is 5.32 Å². The molecule has 0 saturated heterocycles. The van der Waals surface area contributed by atoms with Crippen LogP contribution in [0.3, 0.4) is 0 Å². The first-order chi connectivity index (χ1) is 9.35. The van der Waals surface area contributed by atoms with E-state index < -0.39 is 5.51 Å². The normalized spacial score (nSPS) is 13.8. The van der Waals surface area contributed by atoms with Gasteiger partial charge in [-0.25, -0.2) is 0 Å². The number of alkyl halides is 3. The van der Waals surface area contributed by atoms with E-state index in [1.165, 1.54) is 0 Å². The maximum atomic E-state index is 12.0. The standard InChI is InChI=1S/C13H13BrF3NOS/c1-8(18-4-5-20-13(15,16)17)12-7-9-6-10(14)2-3-11(9)19-12/h2-3,6-8,18H,4-5H2,1H3. The second-order valence-corrected chi connectivity index (χ2v) is 6.38. The molecule has 0 radical (unpaired) electrons. The lowest BCUT2D eigenvalue weighted by molar-refractivity contribution is -0.0327. The van der Waals surface area contributed by atoms with E-state index in [0.717, 1.165) is 21.2 Å². The molecule has 0 amide bonds. The van der Waals surface area contributed by atoms with E-state index in [1.807, 2.05) is 31.2 Å². The van der Waals surface area contributed by atoms with Crippen molar-refractivity contribution in [2.45, 2.75) is 18.5 Å². The van der Waals surface area contributed by atoms with Crippen molar-refractivity contribution in [3.63, 3.8) is 0 Å². The number of fused-ring (bicyclic) bond motifs is 1. The van der Waals surface area contributed by atoms with Gasteiger partial charge in [-0.1, -0.05) is 15.9 Å². The number of rotatable bonds is 5. The summed E-state index contributed by atoms with van der Waals surface area (Å²) in [7, 11) is 0. The quantitative estimate of drug-likeness (QED) is 0.744. The van der Waals surface area contributed by atoms with Crippen molar-refractivity contribution < 1.29 is 17.6 Å². The molecule has 0 bridgehead atoms. The van der Waals surface area contributed by atoms with E-state index in [1.54, 1.807) is 0 Å². The highest BCUT2D eigenvalue weighted by Gasteiger charge is 2.27. The van der Waals surface area contributed by atoms with Crippen LogP contribution in [0.2, 0.25) is 0 Å². The minimum absolute atomic E-state index is 0.0143. The van der Waals surface area contributed by atoms with Gasteiger partial charge in [-0.05, 0) is 43.0 Å². The molecule has 2 nitrogen and oxygen atoms in total. The van der Waals surface area contributed by atoms with Gasteiger partial charge in [-0.2, -0.15) is 13.2 Å². The number of nitrogens with one attached hydrogen (secondary N) is 1. The van der Waals surface area contributed by atoms with Gasteiger partial charge in [-0.3, -0.25) is 0 Å². The number of thioether (sulfide) groups is 1. The molecule has 0 aliphatic rings. The van der Waals surface area contributed by atoms with Crippen LogP contribution in [-0.4, -0.2) is 17.8 Å². The largest absolute Gasteiger partial charge is 0.459 e. The third-order valence-corrected chi connectivity index (χ3v) is 3.97. The van der Waals surface area contributed by atoms with E-state index in [-0.39, 0.29) is 30.1 Å². The molecule has 0 spiro atoms. The Balaban J connectivity index is 1.92. The lowest BCUT2D eigenvalue weighted by Crippen LogP contribution is -2.22. The summed E-state index contributed by atoms with van der Waals surface area (Å²) in [5.41, 5.74) is -3.40. The zero-order chi connectivity index (χ0) is 14.8. The summed E-state index contributed by atoms with van der Waals surface area (Å²) in [5.74, 6) is 0.703. The molecule has 1 aromatic heterocycles. The number of furan rings is 1. The molecule has 0 aliphatic carbocycles. The Bertz CT molecular complexity index is 584. The van der Waals surface area contributed by atoms with Gasteiger partial charge in [0.1, 0.15) is 11.3 Å². The van der Waals surface area contributed by atoms with Gasteiger partial charge < -0.3 is 9.73 Å². The molecule has 2 rings (SSSR count). The Morgan fingerprint density at radius 1 is 1.35 bits per heavy atom. The number of halogens is 4. The molecule has 1 N–H and O–H groups in total. The van der Waals surface area contributed by atoms with Gasteiger partial charge in [-0.15, -0.1) is 0 Å². The molecule has 0 fully saturated rings. The van der Waals surface area contributed by atoms with Crippen LogP contribution in [0.25, 0.3) is 11.0 Å². The summed E-state index contributed by atoms with van der Waals surface area (Å²) in [6.45, 7) is 2.14. The van der Waals surface area contributed by atoms with Crippen molar-refractivity contribution in [2.24, 2.45) is 0 Å². The Morgan fingerprint density at radius 2 is 2.10 bits per heavy atom. The van der Waals surface area contributed by atoms with Crippen molar-refractivity contribution in [1.82, 2.24) is 5.32 Å². The highest BCUT2D eigenvalue weighted by atomic mass is 79.9. The lowest BCUT2D eigenvalue weighted by Gasteiger charge is -2.11. The molecule has 110 valence electrons. The van der Waals surface area contributed by atoms with Crippen molar-refractivity contribution in [2.75, 3.05) is 12.3 Å². The molecule has 20 heavy (non-hydrogen) atoms. The molecule has 2 aromatic rings. The van der Waals surface area contributed by atoms with Crippen molar-refractivity contribution in [1.29, 1.82) is 0 Å². The summed E-state index contributed by atoms with van der Waals surface area (Å²) < 4.78 is 42.6. The molecular weight excluding hydrogens is 355 g/mol. The van der Waals surface area contributed by atoms with Crippen LogP contribution in [0.5, 0.6) is 0 Å². The molecule has 1 heterocycles. The first-order valence-corrected chi connectivity index (χ1v) is 7.76. The van der Waals surface area contributed by atoms with E-state index in [4.69, 9.17) is 4.42 Å². The van der Waals surface area contributed by atoms with Crippen LogP contribution in [-0.2, 0) is 0 Å². The van der Waals surface area contributed by atoms with E-state index in [0.29, 0.717) is 0 Å². The van der Waals surface area contributed by atoms with Gasteiger partial charge in [0.25, 0.3) is 0 Å². The highest BCUT2D eigenvalue weighted by molar-refractivity contribution is 9.10. The molecule has 0 saturated carbocycles. The second kappa shape index (κ2) is 6.41. The van der Waals surface area contributed by atoms with Crippen LogP contribution in [0.1, 0.15) is 18.7 Å². The van der Waals surface area contributed by atoms with Crippen molar-refractivity contribution in [3.8, 4) is 0 Å². The topological polar surface area (TPSA) is 25.2 Å². The van der Waals surface area contributed by atoms with Crippen molar-refractivity contribution >= 4 is 38.7 Å². The minimum atomic E-state index is -4.17. The van der Waals surface area contributed by atoms with Crippen LogP contribution in [0.15, 0.2) is 33.2 Å². The summed E-state index contributed by atoms with van der Waals surface area (Å²) in [5, 5.41) is 3.99. The number of hydrogen-bond acceptors (Lipinski definition) is 3. The Hall–Kier alpha value is -0.660. The SMILES string of the molecule is CC(NCCSC(F)(F)F)c1cc2cc(Br)ccc2o1. The fourth-order valence-corrected chi connectivity index (χ4v) is 2.62. The monoisotopic (exact) mass is 367 g/mol. The van der Waals surface area contributed by atoms with Crippen LogP contribution in [0.4, 0.5) is 13.2 Å². The van der Waals surface area contributed by atoms with Gasteiger partial charge in [0, 0.05) is 22.2 Å². The first-order valence-electron chi connectivity index (χ1n) is 5.98. The number of benzene rings is 1. The van der Waals surface area contributed by atoms with Crippen molar-refractivity contribution in [3.05, 3.63) is 34.5 Å². The van der Waals surface area contributed by atoms with Gasteiger partial charge in [0.15, 0.2) is 0 Å². The summed E-state index contributed by atoms with van der Waals surface area (Å²) in [6, 6.07) is 7.45. The molecular formula is C13H13BrF3NOS. The van der Waals surface area contributed by atoms with Gasteiger partial charge in [0.05, 0.1) is 6.04 Å². The van der Waals surface area contributed by atoms with Crippen LogP contribution >= 0.6 is 27.7 Å². The zero-order valence-corrected chi connectivity index (χ0v) is 13.0. The van der Waals surface area contributed by atoms with E-state index >= 15 is 0 Å². The lowest BCUT2D eigenvalue weighted by atomic mass is 10.2. The smallest absolute Gasteiger partial charge is 0.441 e. The fraction of sp³-hybridized carbons (Fsp3) is 0.385. The summed E-state index contributed by atoms with van der Waals surface area (Å²) in [6.07, 6.45) is 0. The Kier molecular flexibility index (Phi) is 5.04. The maximum Gasteiger partial charge on any atom is 0.441 e. The highest BCUT2D eigenvalue weighted by Crippen LogP contribution is 2.30. The average molecular weight is 368 g/mol. The number of hydrogen-bond donors (Lipinski definition) is 1. The molecule has 1 aromatic carbocycles. The summed E-state index contributed by atoms with van der Waals surface area (Å²) >= 11 is 3.36. The molecule has 1 atom stereocenters. The predicted molar refractivity (Wildman–Crippen MR) is 78.8 cm³/mol. The van der Waals surface area contributed by atoms with Gasteiger partial charge in [0.2, 0.25) is 0 Å². The summed E-state index contributed by atoms with van der Waals surface area (Å²) in [4.78, 5) is 0. The van der Waals surface area contributed by atoms with E-state index in [2.05, 4.69) is 21.2 Å². The van der Waals surface area contributed by atoms with E-state index in [9.17, 15) is 13.2 Å². The zero-order valence-electron chi connectivity index (χ0n) is 10.6. The van der Waals surface area contributed by atoms with Gasteiger partial charge >= 0.3 is 5.51 Å². The maximum absolute atomic E-state index is 12.0. The Labute approximate surface area is 127 Å². The minimum Gasteiger partial charge on any atom is -0.459 e. The molecule has 1 unspecified atom stereocenters. The Morgan fingerprint density at radius 3 is 2.80 bits per heavy atom. The molecule has 7 heteroatoms. The first kappa shape index (κ1) is 15.7. The third kappa shape index (κ3) is 4.43. The fourth-order valence-electron chi connectivity index (χ4n) is 1.79. The average Bonchev–Trinajstić information content (AvgIpc) is 2.76. The van der Waals surface area contributed by atoms with Crippen LogP contribution in [0, 0.1) is 0 Å². The predicted octanol–water partition coefficient (Wildman–Crippen LogP) is 5.10. The molecule has 0 aliphatic heterocycles. The second-order valence-electron chi connectivity index (χ2n) is 4.30. The third-order valence-electron chi connectivity index (χ3n) is 2.74.